The lowest BCUT2D eigenvalue weighted by Crippen LogP contribution is -2.15. The number of fused-ring (bicyclic) bond motifs is 12. The predicted molar refractivity (Wildman–Crippen MR) is 196 cm³/mol. The number of furan rings is 1. The summed E-state index contributed by atoms with van der Waals surface area (Å²) >= 11 is 1.87. The summed E-state index contributed by atoms with van der Waals surface area (Å²) in [5.74, 6) is 0. The van der Waals surface area contributed by atoms with Crippen LogP contribution < -0.4 is 4.90 Å². The van der Waals surface area contributed by atoms with Crippen LogP contribution in [0.15, 0.2) is 144 Å². The first-order valence-corrected chi connectivity index (χ1v) is 16.7. The maximum Gasteiger partial charge on any atom is 0.159 e. The number of anilines is 3. The van der Waals surface area contributed by atoms with Crippen molar-refractivity contribution >= 4 is 81.3 Å². The summed E-state index contributed by atoms with van der Waals surface area (Å²) in [7, 11) is 0. The summed E-state index contributed by atoms with van der Waals surface area (Å²) in [6.45, 7) is 4.66. The van der Waals surface area contributed by atoms with Crippen LogP contribution in [-0.4, -0.2) is 0 Å². The Morgan fingerprint density at radius 3 is 2.26 bits per heavy atom. The lowest BCUT2D eigenvalue weighted by atomic mass is 9.82. The Labute approximate surface area is 270 Å². The predicted octanol–water partition coefficient (Wildman–Crippen LogP) is 12.9. The molecule has 10 rings (SSSR count). The van der Waals surface area contributed by atoms with Gasteiger partial charge in [0.15, 0.2) is 5.58 Å². The highest BCUT2D eigenvalue weighted by molar-refractivity contribution is 7.27. The second-order valence-electron chi connectivity index (χ2n) is 12.9. The van der Waals surface area contributed by atoms with Gasteiger partial charge in [0.2, 0.25) is 0 Å². The van der Waals surface area contributed by atoms with E-state index in [1.165, 1.54) is 58.6 Å². The fraction of sp³-hybridized carbons (Fsp3) is 0.0698. The Balaban J connectivity index is 1.24. The minimum atomic E-state index is -0.0400. The van der Waals surface area contributed by atoms with E-state index >= 15 is 0 Å². The summed E-state index contributed by atoms with van der Waals surface area (Å²) in [6, 6.07) is 50.7. The zero-order chi connectivity index (χ0) is 30.6. The van der Waals surface area contributed by atoms with E-state index in [1.807, 2.05) is 11.3 Å². The maximum absolute atomic E-state index is 6.85. The number of thiophene rings is 1. The molecule has 7 aromatic carbocycles. The first-order valence-electron chi connectivity index (χ1n) is 15.9. The highest BCUT2D eigenvalue weighted by Gasteiger charge is 2.35. The van der Waals surface area contributed by atoms with Crippen LogP contribution in [0.1, 0.15) is 25.0 Å². The quantitative estimate of drug-likeness (QED) is 0.199. The van der Waals surface area contributed by atoms with Gasteiger partial charge in [-0.05, 0) is 81.6 Å². The first-order chi connectivity index (χ1) is 22.6. The molecule has 0 saturated carbocycles. The van der Waals surface area contributed by atoms with Gasteiger partial charge in [-0.3, -0.25) is 0 Å². The van der Waals surface area contributed by atoms with E-state index in [0.717, 1.165) is 33.6 Å². The zero-order valence-electron chi connectivity index (χ0n) is 25.5. The molecule has 2 heterocycles. The number of rotatable bonds is 3. The Morgan fingerprint density at radius 2 is 1.35 bits per heavy atom. The van der Waals surface area contributed by atoms with Gasteiger partial charge in [0.25, 0.3) is 0 Å². The molecule has 1 aliphatic carbocycles. The third-order valence-corrected chi connectivity index (χ3v) is 11.2. The van der Waals surface area contributed by atoms with Crippen LogP contribution in [0.4, 0.5) is 17.1 Å². The van der Waals surface area contributed by atoms with Gasteiger partial charge in [-0.25, -0.2) is 0 Å². The van der Waals surface area contributed by atoms with Gasteiger partial charge in [-0.2, -0.15) is 0 Å². The summed E-state index contributed by atoms with van der Waals surface area (Å²) in [5, 5.41) is 7.53. The lowest BCUT2D eigenvalue weighted by Gasteiger charge is -2.27. The molecule has 0 unspecified atom stereocenters. The van der Waals surface area contributed by atoms with Crippen molar-refractivity contribution < 1.29 is 4.42 Å². The SMILES string of the molecule is CC1(C)c2ccccc2-c2cc(N(c3ccccc3)c3cccc4c3oc3ccc5c(sc6ccc7ccccc7c65)c34)ccc21. The van der Waals surface area contributed by atoms with E-state index < -0.39 is 0 Å². The van der Waals surface area contributed by atoms with Crippen LogP contribution in [0.3, 0.4) is 0 Å². The third-order valence-electron chi connectivity index (χ3n) is 10.0. The fourth-order valence-corrected chi connectivity index (χ4v) is 9.17. The highest BCUT2D eigenvalue weighted by Crippen LogP contribution is 2.52. The Morgan fingerprint density at radius 1 is 0.565 bits per heavy atom. The van der Waals surface area contributed by atoms with Gasteiger partial charge < -0.3 is 9.32 Å². The zero-order valence-corrected chi connectivity index (χ0v) is 26.4. The fourth-order valence-electron chi connectivity index (χ4n) is 7.90. The summed E-state index contributed by atoms with van der Waals surface area (Å²) in [6.07, 6.45) is 0. The van der Waals surface area contributed by atoms with E-state index in [-0.39, 0.29) is 5.41 Å². The van der Waals surface area contributed by atoms with Crippen molar-refractivity contribution in [1.29, 1.82) is 0 Å². The highest BCUT2D eigenvalue weighted by atomic mass is 32.1. The smallest absolute Gasteiger partial charge is 0.159 e. The molecule has 46 heavy (non-hydrogen) atoms. The van der Waals surface area contributed by atoms with E-state index in [9.17, 15) is 0 Å². The van der Waals surface area contributed by atoms with Crippen LogP contribution in [0.5, 0.6) is 0 Å². The largest absolute Gasteiger partial charge is 0.454 e. The Hall–Kier alpha value is -5.38. The molecule has 0 radical (unpaired) electrons. The van der Waals surface area contributed by atoms with Gasteiger partial charge >= 0.3 is 0 Å². The van der Waals surface area contributed by atoms with Crippen molar-refractivity contribution in [1.82, 2.24) is 0 Å². The summed E-state index contributed by atoms with van der Waals surface area (Å²) in [4.78, 5) is 2.36. The lowest BCUT2D eigenvalue weighted by molar-refractivity contribution is 0.660. The number of para-hydroxylation sites is 2. The second-order valence-corrected chi connectivity index (χ2v) is 14.0. The van der Waals surface area contributed by atoms with E-state index in [2.05, 4.69) is 158 Å². The normalized spacial score (nSPS) is 13.6. The molecule has 2 nitrogen and oxygen atoms in total. The van der Waals surface area contributed by atoms with Crippen molar-refractivity contribution in [3.63, 3.8) is 0 Å². The van der Waals surface area contributed by atoms with E-state index in [1.54, 1.807) is 0 Å². The molecule has 0 aliphatic heterocycles. The minimum absolute atomic E-state index is 0.0400. The topological polar surface area (TPSA) is 16.4 Å². The van der Waals surface area contributed by atoms with Crippen molar-refractivity contribution in [2.75, 3.05) is 4.90 Å². The molecule has 0 saturated heterocycles. The number of hydrogen-bond acceptors (Lipinski definition) is 3. The van der Waals surface area contributed by atoms with Crippen molar-refractivity contribution in [3.8, 4) is 11.1 Å². The summed E-state index contributed by atoms with van der Waals surface area (Å²) < 4.78 is 9.43. The second kappa shape index (κ2) is 9.32. The molecule has 1 aliphatic rings. The summed E-state index contributed by atoms with van der Waals surface area (Å²) in [5.41, 5.74) is 10.4. The monoisotopic (exact) mass is 607 g/mol. The van der Waals surface area contributed by atoms with Crippen LogP contribution in [0.2, 0.25) is 0 Å². The average Bonchev–Trinajstić information content (AvgIpc) is 3.74. The van der Waals surface area contributed by atoms with Gasteiger partial charge in [-0.15, -0.1) is 11.3 Å². The molecule has 0 N–H and O–H groups in total. The van der Waals surface area contributed by atoms with Crippen molar-refractivity contribution in [3.05, 3.63) is 151 Å². The molecular formula is C43H29NOS. The molecule has 0 fully saturated rings. The van der Waals surface area contributed by atoms with Gasteiger partial charge in [0.1, 0.15) is 5.58 Å². The number of benzene rings is 7. The molecule has 0 atom stereocenters. The van der Waals surface area contributed by atoms with E-state index in [4.69, 9.17) is 4.42 Å². The van der Waals surface area contributed by atoms with Crippen LogP contribution in [0.25, 0.3) is 64.0 Å². The molecule has 218 valence electrons. The van der Waals surface area contributed by atoms with Crippen LogP contribution in [-0.2, 0) is 5.41 Å². The number of nitrogens with zero attached hydrogens (tertiary/aromatic N) is 1. The maximum atomic E-state index is 6.85. The Bertz CT molecular complexity index is 2680. The van der Waals surface area contributed by atoms with E-state index in [0.29, 0.717) is 0 Å². The minimum Gasteiger partial charge on any atom is -0.454 e. The van der Waals surface area contributed by atoms with Crippen molar-refractivity contribution in [2.45, 2.75) is 19.3 Å². The molecule has 0 spiro atoms. The standard InChI is InChI=1S/C43H29NOS/c1-43(2)34-17-9-8-15-30(34)33-25-28(20-22-35(33)43)44(27-12-4-3-5-13-27)36-18-10-16-31-40-37(45-41(31)36)23-21-32-39-29-14-7-6-11-26(29)19-24-38(39)46-42(32)40/h3-25H,1-2H3. The Kier molecular flexibility index (Phi) is 5.25. The molecular weight excluding hydrogens is 579 g/mol. The third kappa shape index (κ3) is 3.46. The average molecular weight is 608 g/mol. The van der Waals surface area contributed by atoms with Crippen molar-refractivity contribution in [2.24, 2.45) is 0 Å². The van der Waals surface area contributed by atoms with Crippen LogP contribution in [0, 0.1) is 0 Å². The first kappa shape index (κ1) is 25.9. The molecule has 0 bridgehead atoms. The van der Waals surface area contributed by atoms with Gasteiger partial charge in [0.05, 0.1) is 5.69 Å². The number of hydrogen-bond donors (Lipinski definition) is 0. The van der Waals surface area contributed by atoms with Gasteiger partial charge in [0, 0.05) is 47.7 Å². The molecule has 0 amide bonds. The molecule has 2 aromatic heterocycles. The molecule has 9 aromatic rings. The molecule has 3 heteroatoms. The van der Waals surface area contributed by atoms with Crippen LogP contribution >= 0.6 is 11.3 Å². The van der Waals surface area contributed by atoms with Gasteiger partial charge in [-0.1, -0.05) is 105 Å².